The number of rotatable bonds is 4. The number of thiophene rings is 1. The number of nitrogens with zero attached hydrogens (tertiary/aromatic N) is 1. The Morgan fingerprint density at radius 3 is 2.95 bits per heavy atom. The summed E-state index contributed by atoms with van der Waals surface area (Å²) < 4.78 is 0. The fourth-order valence-corrected chi connectivity index (χ4v) is 4.22. The van der Waals surface area contributed by atoms with Crippen LogP contribution in [-0.4, -0.2) is 35.6 Å². The highest BCUT2D eigenvalue weighted by atomic mass is 32.1. The minimum Gasteiger partial charge on any atom is -0.308 e. The van der Waals surface area contributed by atoms with Gasteiger partial charge >= 0.3 is 0 Å². The smallest absolute Gasteiger partial charge is 0.0309 e. The van der Waals surface area contributed by atoms with E-state index in [0.29, 0.717) is 17.6 Å². The second kappa shape index (κ2) is 5.19. The van der Waals surface area contributed by atoms with Gasteiger partial charge in [-0.25, -0.2) is 0 Å². The zero-order chi connectivity index (χ0) is 13.5. The number of hydrogen-bond acceptors (Lipinski definition) is 3. The summed E-state index contributed by atoms with van der Waals surface area (Å²) in [5, 5.41) is 8.30. The fraction of sp³-hybridized carbons (Fsp3) is 0.750. The highest BCUT2D eigenvalue weighted by molar-refractivity contribution is 7.07. The second-order valence-electron chi connectivity index (χ2n) is 6.78. The van der Waals surface area contributed by atoms with Crippen molar-refractivity contribution in [3.63, 3.8) is 0 Å². The van der Waals surface area contributed by atoms with Gasteiger partial charge in [0, 0.05) is 30.7 Å². The SMILES string of the molecule is CC1CNC(C)(C2CC2)CN1C(C)Cc1ccsc1. The lowest BCUT2D eigenvalue weighted by atomic mass is 9.89. The Kier molecular flexibility index (Phi) is 3.71. The molecular weight excluding hydrogens is 252 g/mol. The average molecular weight is 278 g/mol. The predicted octanol–water partition coefficient (Wildman–Crippen LogP) is 3.14. The normalized spacial score (nSPS) is 34.4. The first-order valence-electron chi connectivity index (χ1n) is 7.60. The van der Waals surface area contributed by atoms with Crippen molar-refractivity contribution in [3.05, 3.63) is 22.4 Å². The third kappa shape index (κ3) is 2.88. The van der Waals surface area contributed by atoms with Crippen molar-refractivity contribution in [2.75, 3.05) is 13.1 Å². The van der Waals surface area contributed by atoms with Crippen LogP contribution in [0.15, 0.2) is 16.8 Å². The molecule has 1 aliphatic carbocycles. The van der Waals surface area contributed by atoms with E-state index in [4.69, 9.17) is 0 Å². The number of nitrogens with one attached hydrogen (secondary N) is 1. The topological polar surface area (TPSA) is 15.3 Å². The third-order valence-electron chi connectivity index (χ3n) is 5.03. The molecule has 0 aromatic carbocycles. The third-order valence-corrected chi connectivity index (χ3v) is 5.77. The zero-order valence-electron chi connectivity index (χ0n) is 12.4. The van der Waals surface area contributed by atoms with Crippen LogP contribution in [0.1, 0.15) is 39.2 Å². The van der Waals surface area contributed by atoms with Crippen LogP contribution in [0.25, 0.3) is 0 Å². The van der Waals surface area contributed by atoms with Crippen molar-refractivity contribution in [2.45, 2.75) is 57.7 Å². The number of piperazine rings is 1. The second-order valence-corrected chi connectivity index (χ2v) is 7.56. The summed E-state index contributed by atoms with van der Waals surface area (Å²) in [6, 6.07) is 3.57. The molecule has 0 bridgehead atoms. The van der Waals surface area contributed by atoms with Crippen molar-refractivity contribution in [1.82, 2.24) is 10.2 Å². The highest BCUT2D eigenvalue weighted by Crippen LogP contribution is 2.41. The van der Waals surface area contributed by atoms with Crippen molar-refractivity contribution >= 4 is 11.3 Å². The van der Waals surface area contributed by atoms with Crippen LogP contribution in [0, 0.1) is 5.92 Å². The van der Waals surface area contributed by atoms with E-state index in [-0.39, 0.29) is 0 Å². The Morgan fingerprint density at radius 2 is 2.32 bits per heavy atom. The molecule has 1 N–H and O–H groups in total. The van der Waals surface area contributed by atoms with Crippen molar-refractivity contribution < 1.29 is 0 Å². The molecule has 0 amide bonds. The highest BCUT2D eigenvalue weighted by Gasteiger charge is 2.45. The van der Waals surface area contributed by atoms with E-state index in [2.05, 4.69) is 47.8 Å². The van der Waals surface area contributed by atoms with Crippen LogP contribution in [0.5, 0.6) is 0 Å². The molecule has 3 atom stereocenters. The Balaban J connectivity index is 1.67. The molecule has 1 saturated carbocycles. The maximum absolute atomic E-state index is 3.81. The lowest BCUT2D eigenvalue weighted by Crippen LogP contribution is -2.65. The summed E-state index contributed by atoms with van der Waals surface area (Å²) in [6.07, 6.45) is 4.03. The molecule has 1 saturated heterocycles. The molecule has 0 radical (unpaired) electrons. The van der Waals surface area contributed by atoms with E-state index in [9.17, 15) is 0 Å². The minimum atomic E-state index is 0.357. The van der Waals surface area contributed by atoms with E-state index in [1.807, 2.05) is 11.3 Å². The van der Waals surface area contributed by atoms with Crippen molar-refractivity contribution in [3.8, 4) is 0 Å². The quantitative estimate of drug-likeness (QED) is 0.910. The van der Waals surface area contributed by atoms with E-state index in [1.165, 1.54) is 31.4 Å². The van der Waals surface area contributed by atoms with Gasteiger partial charge in [0.15, 0.2) is 0 Å². The van der Waals surface area contributed by atoms with Crippen molar-refractivity contribution in [1.29, 1.82) is 0 Å². The van der Waals surface area contributed by atoms with Gasteiger partial charge in [0.05, 0.1) is 0 Å². The molecule has 106 valence electrons. The van der Waals surface area contributed by atoms with Gasteiger partial charge in [0.25, 0.3) is 0 Å². The molecule has 1 aromatic heterocycles. The summed E-state index contributed by atoms with van der Waals surface area (Å²) in [5.41, 5.74) is 1.85. The molecule has 1 aliphatic heterocycles. The molecule has 2 heterocycles. The summed E-state index contributed by atoms with van der Waals surface area (Å²) in [4.78, 5) is 2.73. The molecule has 0 spiro atoms. The molecule has 2 aliphatic rings. The van der Waals surface area contributed by atoms with Crippen LogP contribution < -0.4 is 5.32 Å². The van der Waals surface area contributed by atoms with E-state index in [1.54, 1.807) is 0 Å². The molecule has 3 rings (SSSR count). The Hall–Kier alpha value is -0.380. The summed E-state index contributed by atoms with van der Waals surface area (Å²) >= 11 is 1.81. The summed E-state index contributed by atoms with van der Waals surface area (Å²) in [6.45, 7) is 9.54. The van der Waals surface area contributed by atoms with E-state index in [0.717, 1.165) is 12.5 Å². The Bertz CT molecular complexity index is 412. The van der Waals surface area contributed by atoms with E-state index < -0.39 is 0 Å². The minimum absolute atomic E-state index is 0.357. The van der Waals surface area contributed by atoms with Gasteiger partial charge in [-0.3, -0.25) is 4.90 Å². The molecule has 2 nitrogen and oxygen atoms in total. The van der Waals surface area contributed by atoms with Gasteiger partial charge in [-0.15, -0.1) is 0 Å². The van der Waals surface area contributed by atoms with Gasteiger partial charge in [0.1, 0.15) is 0 Å². The largest absolute Gasteiger partial charge is 0.308 e. The lowest BCUT2D eigenvalue weighted by molar-refractivity contribution is 0.0522. The van der Waals surface area contributed by atoms with Gasteiger partial charge in [0.2, 0.25) is 0 Å². The molecule has 1 aromatic rings. The average Bonchev–Trinajstić information content (AvgIpc) is 3.13. The molecule has 2 fully saturated rings. The molecule has 3 unspecified atom stereocenters. The predicted molar refractivity (Wildman–Crippen MR) is 82.8 cm³/mol. The van der Waals surface area contributed by atoms with Crippen LogP contribution in [0.2, 0.25) is 0 Å². The Labute approximate surface area is 121 Å². The monoisotopic (exact) mass is 278 g/mol. The van der Waals surface area contributed by atoms with Gasteiger partial charge < -0.3 is 5.32 Å². The van der Waals surface area contributed by atoms with Crippen LogP contribution in [0.3, 0.4) is 0 Å². The van der Waals surface area contributed by atoms with Crippen LogP contribution in [-0.2, 0) is 6.42 Å². The lowest BCUT2D eigenvalue weighted by Gasteiger charge is -2.48. The summed E-state index contributed by atoms with van der Waals surface area (Å²) in [5.74, 6) is 0.913. The van der Waals surface area contributed by atoms with Crippen LogP contribution >= 0.6 is 11.3 Å². The van der Waals surface area contributed by atoms with Gasteiger partial charge in [-0.05, 0) is 68.3 Å². The van der Waals surface area contributed by atoms with Crippen LogP contribution in [0.4, 0.5) is 0 Å². The van der Waals surface area contributed by atoms with Gasteiger partial charge in [-0.2, -0.15) is 11.3 Å². The Morgan fingerprint density at radius 1 is 1.53 bits per heavy atom. The molecular formula is C16H26N2S. The van der Waals surface area contributed by atoms with Crippen molar-refractivity contribution in [2.24, 2.45) is 5.92 Å². The zero-order valence-corrected chi connectivity index (χ0v) is 13.2. The maximum Gasteiger partial charge on any atom is 0.0309 e. The summed E-state index contributed by atoms with van der Waals surface area (Å²) in [7, 11) is 0. The standard InChI is InChI=1S/C16H26N2S/c1-12(8-14-6-7-19-10-14)18-11-16(3,15-4-5-15)17-9-13(18)2/h6-7,10,12-13,15,17H,4-5,8-9,11H2,1-3H3. The number of hydrogen-bond donors (Lipinski definition) is 1. The fourth-order valence-electron chi connectivity index (χ4n) is 3.54. The molecule has 19 heavy (non-hydrogen) atoms. The first-order valence-corrected chi connectivity index (χ1v) is 8.54. The van der Waals surface area contributed by atoms with Gasteiger partial charge in [-0.1, -0.05) is 0 Å². The molecule has 3 heteroatoms. The maximum atomic E-state index is 3.81. The first-order chi connectivity index (χ1) is 9.08. The van der Waals surface area contributed by atoms with E-state index >= 15 is 0 Å². The first kappa shape index (κ1) is 13.6.